The van der Waals surface area contributed by atoms with Crippen LogP contribution in [-0.4, -0.2) is 28.5 Å². The number of benzene rings is 1. The zero-order valence-corrected chi connectivity index (χ0v) is 14.2. The van der Waals surface area contributed by atoms with Crippen molar-refractivity contribution in [2.75, 3.05) is 11.9 Å². The van der Waals surface area contributed by atoms with Crippen LogP contribution in [0.5, 0.6) is 0 Å². The first-order valence-electron chi connectivity index (χ1n) is 6.51. The van der Waals surface area contributed by atoms with E-state index >= 15 is 0 Å². The van der Waals surface area contributed by atoms with Crippen LogP contribution in [0.25, 0.3) is 0 Å². The van der Waals surface area contributed by atoms with Crippen LogP contribution in [0.1, 0.15) is 21.7 Å². The highest BCUT2D eigenvalue weighted by molar-refractivity contribution is 9.10. The van der Waals surface area contributed by atoms with Crippen molar-refractivity contribution in [1.82, 2.24) is 9.78 Å². The molecule has 0 bridgehead atoms. The Balaban J connectivity index is 2.36. The highest BCUT2D eigenvalue weighted by Crippen LogP contribution is 2.23. The highest BCUT2D eigenvalue weighted by atomic mass is 79.9. The van der Waals surface area contributed by atoms with Gasteiger partial charge in [0.25, 0.3) is 11.7 Å². The molecule has 0 fully saturated rings. The van der Waals surface area contributed by atoms with Crippen molar-refractivity contribution in [3.05, 3.63) is 45.4 Å². The first-order chi connectivity index (χ1) is 10.2. The SMILES string of the molecule is Cc1nn(C)c(C)c1C(=O)C(=O)N(C)c1ccc(Br)cc1F. The van der Waals surface area contributed by atoms with Gasteiger partial charge in [-0.05, 0) is 32.0 Å². The zero-order chi connectivity index (χ0) is 16.6. The molecule has 0 radical (unpaired) electrons. The van der Waals surface area contributed by atoms with Gasteiger partial charge in [0.1, 0.15) is 5.82 Å². The number of nitrogens with zero attached hydrogens (tertiary/aromatic N) is 3. The Morgan fingerprint density at radius 3 is 2.45 bits per heavy atom. The normalized spacial score (nSPS) is 10.6. The number of likely N-dealkylation sites (N-methyl/N-ethyl adjacent to an activating group) is 1. The molecule has 0 atom stereocenters. The van der Waals surface area contributed by atoms with Crippen molar-refractivity contribution < 1.29 is 14.0 Å². The Hall–Kier alpha value is -2.02. The van der Waals surface area contributed by atoms with Crippen LogP contribution in [0, 0.1) is 19.7 Å². The quantitative estimate of drug-likeness (QED) is 0.619. The highest BCUT2D eigenvalue weighted by Gasteiger charge is 2.28. The summed E-state index contributed by atoms with van der Waals surface area (Å²) in [6, 6.07) is 4.28. The maximum atomic E-state index is 13.9. The predicted molar refractivity (Wildman–Crippen MR) is 84.5 cm³/mol. The Morgan fingerprint density at radius 2 is 1.95 bits per heavy atom. The number of carbonyl (C=O) groups excluding carboxylic acids is 2. The van der Waals surface area contributed by atoms with Crippen molar-refractivity contribution >= 4 is 33.3 Å². The fourth-order valence-electron chi connectivity index (χ4n) is 2.22. The molecule has 0 saturated heterocycles. The number of amides is 1. The third-order valence-electron chi connectivity index (χ3n) is 3.51. The summed E-state index contributed by atoms with van der Waals surface area (Å²) < 4.78 is 16.0. The van der Waals surface area contributed by atoms with E-state index in [9.17, 15) is 14.0 Å². The third-order valence-corrected chi connectivity index (χ3v) is 4.00. The number of Topliss-reactive ketones (excluding diaryl/α,β-unsaturated/α-hetero) is 1. The predicted octanol–water partition coefficient (Wildman–Crippen LogP) is 2.78. The van der Waals surface area contributed by atoms with Crippen LogP contribution in [0.4, 0.5) is 10.1 Å². The largest absolute Gasteiger partial charge is 0.306 e. The van der Waals surface area contributed by atoms with Gasteiger partial charge in [-0.2, -0.15) is 5.10 Å². The molecule has 1 amide bonds. The van der Waals surface area contributed by atoms with E-state index < -0.39 is 17.5 Å². The minimum atomic E-state index is -0.805. The molecule has 5 nitrogen and oxygen atoms in total. The van der Waals surface area contributed by atoms with Gasteiger partial charge >= 0.3 is 0 Å². The second-order valence-electron chi connectivity index (χ2n) is 4.96. The third kappa shape index (κ3) is 2.81. The molecule has 1 aromatic carbocycles. The lowest BCUT2D eigenvalue weighted by molar-refractivity contribution is -0.114. The second-order valence-corrected chi connectivity index (χ2v) is 5.87. The van der Waals surface area contributed by atoms with E-state index in [0.29, 0.717) is 15.9 Å². The van der Waals surface area contributed by atoms with Crippen LogP contribution in [0.15, 0.2) is 22.7 Å². The van der Waals surface area contributed by atoms with Gasteiger partial charge in [-0.15, -0.1) is 0 Å². The van der Waals surface area contributed by atoms with Gasteiger partial charge in [-0.3, -0.25) is 14.3 Å². The van der Waals surface area contributed by atoms with Gasteiger partial charge < -0.3 is 4.90 Å². The topological polar surface area (TPSA) is 55.2 Å². The molecule has 116 valence electrons. The van der Waals surface area contributed by atoms with E-state index in [-0.39, 0.29) is 11.3 Å². The molecule has 2 aromatic rings. The average Bonchev–Trinajstić information content (AvgIpc) is 2.70. The van der Waals surface area contributed by atoms with E-state index in [2.05, 4.69) is 21.0 Å². The molecule has 1 heterocycles. The minimum Gasteiger partial charge on any atom is -0.306 e. The van der Waals surface area contributed by atoms with Crippen molar-refractivity contribution in [2.45, 2.75) is 13.8 Å². The maximum Gasteiger partial charge on any atom is 0.299 e. The Kier molecular flexibility index (Phi) is 4.46. The van der Waals surface area contributed by atoms with Crippen molar-refractivity contribution in [2.24, 2.45) is 7.05 Å². The van der Waals surface area contributed by atoms with Gasteiger partial charge in [-0.1, -0.05) is 15.9 Å². The van der Waals surface area contributed by atoms with E-state index in [4.69, 9.17) is 0 Å². The smallest absolute Gasteiger partial charge is 0.299 e. The molecule has 0 aliphatic heterocycles. The molecule has 7 heteroatoms. The summed E-state index contributed by atoms with van der Waals surface area (Å²) in [5, 5.41) is 4.12. The van der Waals surface area contributed by atoms with Gasteiger partial charge in [0.2, 0.25) is 0 Å². The molecular weight excluding hydrogens is 353 g/mol. The molecule has 22 heavy (non-hydrogen) atoms. The molecule has 0 aliphatic carbocycles. The molecule has 0 unspecified atom stereocenters. The lowest BCUT2D eigenvalue weighted by atomic mass is 10.1. The number of ketones is 1. The molecule has 0 aliphatic rings. The summed E-state index contributed by atoms with van der Waals surface area (Å²) in [6.07, 6.45) is 0. The summed E-state index contributed by atoms with van der Waals surface area (Å²) in [6.45, 7) is 3.37. The molecular formula is C15H15BrFN3O2. The van der Waals surface area contributed by atoms with Crippen LogP contribution in [-0.2, 0) is 11.8 Å². The summed E-state index contributed by atoms with van der Waals surface area (Å²) in [5.41, 5.74) is 1.38. The van der Waals surface area contributed by atoms with Crippen LogP contribution < -0.4 is 4.90 Å². The van der Waals surface area contributed by atoms with Crippen LogP contribution >= 0.6 is 15.9 Å². The Morgan fingerprint density at radius 1 is 1.32 bits per heavy atom. The maximum absolute atomic E-state index is 13.9. The standard InChI is InChI=1S/C15H15BrFN3O2/c1-8-13(9(2)20(4)18-8)14(21)15(22)19(3)12-6-5-10(16)7-11(12)17/h5-7H,1-4H3. The summed E-state index contributed by atoms with van der Waals surface area (Å²) in [5.74, 6) is -2.09. The van der Waals surface area contributed by atoms with Gasteiger partial charge in [0.15, 0.2) is 0 Å². The first kappa shape index (κ1) is 16.4. The molecule has 0 saturated carbocycles. The fraction of sp³-hybridized carbons (Fsp3) is 0.267. The van der Waals surface area contributed by atoms with Crippen LogP contribution in [0.2, 0.25) is 0 Å². The second kappa shape index (κ2) is 6.00. The Bertz CT molecular complexity index is 770. The number of anilines is 1. The van der Waals surface area contributed by atoms with Gasteiger partial charge in [-0.25, -0.2) is 4.39 Å². The Labute approximate surface area is 135 Å². The lowest BCUT2D eigenvalue weighted by Crippen LogP contribution is -2.34. The average molecular weight is 368 g/mol. The number of aromatic nitrogens is 2. The van der Waals surface area contributed by atoms with Gasteiger partial charge in [0.05, 0.1) is 16.9 Å². The van der Waals surface area contributed by atoms with Gasteiger partial charge in [0, 0.05) is 24.3 Å². The van der Waals surface area contributed by atoms with E-state index in [1.165, 1.54) is 23.9 Å². The minimum absolute atomic E-state index is 0.0424. The summed E-state index contributed by atoms with van der Waals surface area (Å²) in [4.78, 5) is 25.8. The molecule has 1 aromatic heterocycles. The molecule has 0 spiro atoms. The number of halogens is 2. The van der Waals surface area contributed by atoms with E-state index in [1.807, 2.05) is 0 Å². The van der Waals surface area contributed by atoms with Crippen molar-refractivity contribution in [3.63, 3.8) is 0 Å². The van der Waals surface area contributed by atoms with E-state index in [0.717, 1.165) is 4.90 Å². The first-order valence-corrected chi connectivity index (χ1v) is 7.31. The number of rotatable bonds is 3. The lowest BCUT2D eigenvalue weighted by Gasteiger charge is -2.17. The number of hydrogen-bond acceptors (Lipinski definition) is 3. The van der Waals surface area contributed by atoms with Crippen LogP contribution in [0.3, 0.4) is 0 Å². The molecule has 2 rings (SSSR count). The van der Waals surface area contributed by atoms with E-state index in [1.54, 1.807) is 27.0 Å². The van der Waals surface area contributed by atoms with Crippen molar-refractivity contribution in [3.8, 4) is 0 Å². The summed E-state index contributed by atoms with van der Waals surface area (Å²) >= 11 is 3.15. The fourth-order valence-corrected chi connectivity index (χ4v) is 2.56. The summed E-state index contributed by atoms with van der Waals surface area (Å²) in [7, 11) is 3.06. The zero-order valence-electron chi connectivity index (χ0n) is 12.6. The monoisotopic (exact) mass is 367 g/mol. The number of aryl methyl sites for hydroxylation is 2. The number of carbonyl (C=O) groups is 2. The van der Waals surface area contributed by atoms with Crippen molar-refractivity contribution in [1.29, 1.82) is 0 Å². The number of hydrogen-bond donors (Lipinski definition) is 0. The molecule has 0 N–H and O–H groups in total.